The van der Waals surface area contributed by atoms with Crippen LogP contribution in [-0.2, 0) is 6.54 Å². The number of fused-ring (bicyclic) bond motifs is 1. The van der Waals surface area contributed by atoms with Crippen LogP contribution >= 0.6 is 0 Å². The summed E-state index contributed by atoms with van der Waals surface area (Å²) >= 11 is 0. The molecule has 0 atom stereocenters. The van der Waals surface area contributed by atoms with Crippen molar-refractivity contribution in [3.05, 3.63) is 71.9 Å². The van der Waals surface area contributed by atoms with Crippen molar-refractivity contribution in [2.75, 3.05) is 12.4 Å². The standard InChI is InChI=1S/C24H24N6O2/c1-32-21-13-18(10-11-20(21)23(31)26-17-8-9-17)27-24-28-22-19(3-2-12-30(22)29-24)16-6-4-15(14-25)5-7-16/h2-7,10-13,17H,8-9,14,25H2,1H3,(H,26,31)(H,27,29). The van der Waals surface area contributed by atoms with Crippen LogP contribution in [0.1, 0.15) is 28.8 Å². The largest absolute Gasteiger partial charge is 0.496 e. The molecule has 4 N–H and O–H groups in total. The molecule has 32 heavy (non-hydrogen) atoms. The molecule has 8 nitrogen and oxygen atoms in total. The Labute approximate surface area is 185 Å². The van der Waals surface area contributed by atoms with Crippen molar-refractivity contribution in [1.82, 2.24) is 19.9 Å². The second-order valence-corrected chi connectivity index (χ2v) is 7.81. The van der Waals surface area contributed by atoms with Crippen LogP contribution in [0, 0.1) is 0 Å². The summed E-state index contributed by atoms with van der Waals surface area (Å²) in [6, 6.07) is 17.7. The minimum Gasteiger partial charge on any atom is -0.496 e. The van der Waals surface area contributed by atoms with Gasteiger partial charge in [0.05, 0.1) is 12.7 Å². The Morgan fingerprint density at radius 1 is 1.19 bits per heavy atom. The molecule has 0 saturated heterocycles. The van der Waals surface area contributed by atoms with Crippen LogP contribution in [-0.4, -0.2) is 33.7 Å². The van der Waals surface area contributed by atoms with Crippen molar-refractivity contribution in [3.8, 4) is 16.9 Å². The van der Waals surface area contributed by atoms with E-state index in [-0.39, 0.29) is 11.9 Å². The summed E-state index contributed by atoms with van der Waals surface area (Å²) in [4.78, 5) is 17.1. The van der Waals surface area contributed by atoms with E-state index in [2.05, 4.69) is 20.7 Å². The number of aromatic nitrogens is 3. The van der Waals surface area contributed by atoms with Gasteiger partial charge in [-0.3, -0.25) is 4.79 Å². The van der Waals surface area contributed by atoms with Crippen molar-refractivity contribution in [3.63, 3.8) is 0 Å². The molecule has 1 aliphatic rings. The molecule has 0 radical (unpaired) electrons. The average Bonchev–Trinajstić information content (AvgIpc) is 3.54. The van der Waals surface area contributed by atoms with E-state index in [0.29, 0.717) is 23.8 Å². The highest BCUT2D eigenvalue weighted by Crippen LogP contribution is 2.28. The number of amides is 1. The molecule has 5 rings (SSSR count). The smallest absolute Gasteiger partial charge is 0.255 e. The average molecular weight is 428 g/mol. The first-order valence-corrected chi connectivity index (χ1v) is 10.6. The number of pyridine rings is 1. The summed E-state index contributed by atoms with van der Waals surface area (Å²) in [5, 5.41) is 10.7. The zero-order chi connectivity index (χ0) is 22.1. The minimum absolute atomic E-state index is 0.118. The first-order chi connectivity index (χ1) is 15.6. The van der Waals surface area contributed by atoms with Gasteiger partial charge < -0.3 is 21.1 Å². The second kappa shape index (κ2) is 8.32. The Kier molecular flexibility index (Phi) is 5.20. The van der Waals surface area contributed by atoms with Crippen molar-refractivity contribution in [1.29, 1.82) is 0 Å². The van der Waals surface area contributed by atoms with Gasteiger partial charge in [0, 0.05) is 36.1 Å². The molecule has 1 fully saturated rings. The Morgan fingerprint density at radius 3 is 2.72 bits per heavy atom. The van der Waals surface area contributed by atoms with Gasteiger partial charge in [-0.25, -0.2) is 4.52 Å². The summed E-state index contributed by atoms with van der Waals surface area (Å²) in [7, 11) is 1.55. The number of rotatable bonds is 7. The van der Waals surface area contributed by atoms with Gasteiger partial charge in [-0.15, -0.1) is 5.10 Å². The highest BCUT2D eigenvalue weighted by atomic mass is 16.5. The van der Waals surface area contributed by atoms with Crippen LogP contribution in [0.5, 0.6) is 5.75 Å². The number of hydrogen-bond donors (Lipinski definition) is 3. The Morgan fingerprint density at radius 2 is 2.00 bits per heavy atom. The van der Waals surface area contributed by atoms with E-state index < -0.39 is 0 Å². The highest BCUT2D eigenvalue weighted by molar-refractivity contribution is 5.97. The lowest BCUT2D eigenvalue weighted by molar-refractivity contribution is 0.0948. The summed E-state index contributed by atoms with van der Waals surface area (Å²) < 4.78 is 7.19. The molecule has 1 saturated carbocycles. The van der Waals surface area contributed by atoms with Gasteiger partial charge in [0.15, 0.2) is 5.65 Å². The maximum atomic E-state index is 12.4. The molecule has 1 aliphatic carbocycles. The van der Waals surface area contributed by atoms with E-state index in [1.54, 1.807) is 23.8 Å². The number of carbonyl (C=O) groups excluding carboxylic acids is 1. The van der Waals surface area contributed by atoms with Gasteiger partial charge >= 0.3 is 0 Å². The van der Waals surface area contributed by atoms with Gasteiger partial charge in [-0.1, -0.05) is 24.3 Å². The lowest BCUT2D eigenvalue weighted by atomic mass is 10.1. The monoisotopic (exact) mass is 428 g/mol. The van der Waals surface area contributed by atoms with Crippen molar-refractivity contribution < 1.29 is 9.53 Å². The fourth-order valence-electron chi connectivity index (χ4n) is 3.58. The third-order valence-electron chi connectivity index (χ3n) is 5.48. The lowest BCUT2D eigenvalue weighted by Gasteiger charge is -2.11. The normalized spacial score (nSPS) is 13.2. The molecular weight excluding hydrogens is 404 g/mol. The van der Waals surface area contributed by atoms with Crippen LogP contribution in [0.3, 0.4) is 0 Å². The molecule has 2 aromatic carbocycles. The van der Waals surface area contributed by atoms with Crippen LogP contribution in [0.2, 0.25) is 0 Å². The van der Waals surface area contributed by atoms with E-state index in [1.807, 2.05) is 48.7 Å². The maximum absolute atomic E-state index is 12.4. The van der Waals surface area contributed by atoms with E-state index in [4.69, 9.17) is 10.5 Å². The van der Waals surface area contributed by atoms with Gasteiger partial charge in [-0.2, -0.15) is 4.98 Å². The number of nitrogens with two attached hydrogens (primary N) is 1. The second-order valence-electron chi connectivity index (χ2n) is 7.81. The van der Waals surface area contributed by atoms with Gasteiger partial charge in [-0.05, 0) is 48.2 Å². The number of benzene rings is 2. The van der Waals surface area contributed by atoms with Gasteiger partial charge in [0.25, 0.3) is 5.91 Å². The zero-order valence-electron chi connectivity index (χ0n) is 17.7. The number of methoxy groups -OCH3 is 1. The number of nitrogens with zero attached hydrogens (tertiary/aromatic N) is 3. The van der Waals surface area contributed by atoms with Crippen molar-refractivity contribution in [2.45, 2.75) is 25.4 Å². The zero-order valence-corrected chi connectivity index (χ0v) is 17.7. The molecule has 4 aromatic rings. The van der Waals surface area contributed by atoms with Gasteiger partial charge in [0.1, 0.15) is 5.75 Å². The number of anilines is 2. The van der Waals surface area contributed by atoms with Crippen molar-refractivity contribution in [2.24, 2.45) is 5.73 Å². The van der Waals surface area contributed by atoms with E-state index in [0.717, 1.165) is 40.9 Å². The molecular formula is C24H24N6O2. The molecule has 1 amide bonds. The SMILES string of the molecule is COc1cc(Nc2nc3c(-c4ccc(CN)cc4)cccn3n2)ccc1C(=O)NC1CC1. The van der Waals surface area contributed by atoms with Crippen LogP contribution < -0.4 is 21.1 Å². The Hall–Kier alpha value is -3.91. The molecule has 0 bridgehead atoms. The van der Waals surface area contributed by atoms with E-state index >= 15 is 0 Å². The van der Waals surface area contributed by atoms with Gasteiger partial charge in [0.2, 0.25) is 5.95 Å². The summed E-state index contributed by atoms with van der Waals surface area (Å²) in [6.07, 6.45) is 3.93. The number of ether oxygens (including phenoxy) is 1. The molecule has 162 valence electrons. The lowest BCUT2D eigenvalue weighted by Crippen LogP contribution is -2.25. The molecule has 0 spiro atoms. The van der Waals surface area contributed by atoms with Crippen molar-refractivity contribution >= 4 is 23.2 Å². The first kappa shape index (κ1) is 20.0. The van der Waals surface area contributed by atoms with E-state index in [1.165, 1.54) is 0 Å². The first-order valence-electron chi connectivity index (χ1n) is 10.6. The fraction of sp³-hybridized carbons (Fsp3) is 0.208. The van der Waals surface area contributed by atoms with E-state index in [9.17, 15) is 4.79 Å². The predicted octanol–water partition coefficient (Wildman–Crippen LogP) is 3.50. The van der Waals surface area contributed by atoms with Crippen LogP contribution in [0.25, 0.3) is 16.8 Å². The minimum atomic E-state index is -0.118. The molecule has 8 heteroatoms. The molecule has 2 heterocycles. The van der Waals surface area contributed by atoms with Crippen LogP contribution in [0.15, 0.2) is 60.8 Å². The third kappa shape index (κ3) is 4.00. The third-order valence-corrected chi connectivity index (χ3v) is 5.48. The quantitative estimate of drug-likeness (QED) is 0.416. The summed E-state index contributed by atoms with van der Waals surface area (Å²) in [5.41, 5.74) is 10.8. The number of nitrogens with one attached hydrogen (secondary N) is 2. The Bertz CT molecular complexity index is 1280. The number of hydrogen-bond acceptors (Lipinski definition) is 6. The predicted molar refractivity (Wildman–Crippen MR) is 123 cm³/mol. The number of carbonyl (C=O) groups is 1. The topological polar surface area (TPSA) is 107 Å². The van der Waals surface area contributed by atoms with Crippen LogP contribution in [0.4, 0.5) is 11.6 Å². The highest BCUT2D eigenvalue weighted by Gasteiger charge is 2.25. The molecule has 2 aromatic heterocycles. The fourth-order valence-corrected chi connectivity index (χ4v) is 3.58. The maximum Gasteiger partial charge on any atom is 0.255 e. The molecule has 0 unspecified atom stereocenters. The summed E-state index contributed by atoms with van der Waals surface area (Å²) in [5.74, 6) is 0.831. The Balaban J connectivity index is 1.42. The summed E-state index contributed by atoms with van der Waals surface area (Å²) in [6.45, 7) is 0.508. The molecule has 0 aliphatic heterocycles.